The Balaban J connectivity index is 1.33. The highest BCUT2D eigenvalue weighted by atomic mass is 16.5. The maximum Gasteiger partial charge on any atom is 0.137 e. The molecule has 5 nitrogen and oxygen atoms in total. The van der Waals surface area contributed by atoms with Crippen LogP contribution in [0, 0.1) is 30.6 Å². The fourth-order valence-electron chi connectivity index (χ4n) is 8.78. The fourth-order valence-corrected chi connectivity index (χ4v) is 8.78. The molecular formula is C48H58N4O. The van der Waals surface area contributed by atoms with E-state index >= 15 is 0 Å². The molecule has 0 N–H and O–H groups in total. The maximum absolute atomic E-state index is 6.82. The van der Waals surface area contributed by atoms with Crippen molar-refractivity contribution < 1.29 is 4.74 Å². The summed E-state index contributed by atoms with van der Waals surface area (Å²) in [4.78, 5) is 4.85. The van der Waals surface area contributed by atoms with Crippen LogP contribution in [0.2, 0.25) is 0 Å². The van der Waals surface area contributed by atoms with Crippen LogP contribution in [-0.4, -0.2) is 19.3 Å². The third kappa shape index (κ3) is 6.84. The molecule has 3 aromatic heterocycles. The minimum Gasteiger partial charge on any atom is -0.457 e. The number of hydrogen-bond acceptors (Lipinski definition) is 3. The molecule has 0 saturated heterocycles. The van der Waals surface area contributed by atoms with Crippen molar-refractivity contribution >= 4 is 21.8 Å². The molecule has 1 aliphatic rings. The van der Waals surface area contributed by atoms with E-state index in [1.807, 2.05) is 6.20 Å². The van der Waals surface area contributed by atoms with E-state index in [4.69, 9.17) is 14.8 Å². The Morgan fingerprint density at radius 2 is 1.47 bits per heavy atom. The van der Waals surface area contributed by atoms with Gasteiger partial charge in [-0.15, -0.1) is 0 Å². The van der Waals surface area contributed by atoms with Crippen molar-refractivity contribution in [2.75, 3.05) is 0 Å². The molecule has 0 saturated carbocycles. The number of pyridine rings is 1. The van der Waals surface area contributed by atoms with Gasteiger partial charge in [0.05, 0.1) is 22.4 Å². The minimum atomic E-state index is 0.0776. The van der Waals surface area contributed by atoms with E-state index in [0.717, 1.165) is 46.2 Å². The van der Waals surface area contributed by atoms with Gasteiger partial charge in [0, 0.05) is 46.3 Å². The average Bonchev–Trinajstić information content (AvgIpc) is 3.59. The number of allylic oxidation sites excluding steroid dienone is 2. The molecule has 276 valence electrons. The SMILES string of the molecule is Cc1nn(-c2cc(Oc3ccc4c5ccccc5n(-c5cc(C(C)C)ccn5)c4c3)cc(C(C)C)c2)c(C)c1[C@H]1C(C(C)(C)C)=CCCC1C(C)(C)C. The van der Waals surface area contributed by atoms with Crippen LogP contribution in [0.15, 0.2) is 90.6 Å². The molecule has 1 aliphatic carbocycles. The lowest BCUT2D eigenvalue weighted by Crippen LogP contribution is -2.34. The molecule has 0 radical (unpaired) electrons. The molecule has 7 rings (SSSR count). The topological polar surface area (TPSA) is 44.9 Å². The van der Waals surface area contributed by atoms with Gasteiger partial charge < -0.3 is 4.74 Å². The summed E-state index contributed by atoms with van der Waals surface area (Å²) in [5.74, 6) is 4.10. The highest BCUT2D eigenvalue weighted by molar-refractivity contribution is 6.09. The van der Waals surface area contributed by atoms with Crippen LogP contribution in [0.3, 0.4) is 0 Å². The third-order valence-corrected chi connectivity index (χ3v) is 11.6. The number of hydrogen-bond donors (Lipinski definition) is 0. The van der Waals surface area contributed by atoms with Gasteiger partial charge in [0.1, 0.15) is 17.3 Å². The zero-order valence-corrected chi connectivity index (χ0v) is 34.0. The van der Waals surface area contributed by atoms with Crippen molar-refractivity contribution in [3.63, 3.8) is 0 Å². The van der Waals surface area contributed by atoms with Crippen molar-refractivity contribution in [2.45, 2.75) is 114 Å². The Morgan fingerprint density at radius 3 is 2.17 bits per heavy atom. The van der Waals surface area contributed by atoms with E-state index < -0.39 is 0 Å². The summed E-state index contributed by atoms with van der Waals surface area (Å²) >= 11 is 0. The molecule has 3 aromatic carbocycles. The van der Waals surface area contributed by atoms with Crippen molar-refractivity contribution in [2.24, 2.45) is 16.7 Å². The highest BCUT2D eigenvalue weighted by Gasteiger charge is 2.42. The van der Waals surface area contributed by atoms with Crippen LogP contribution in [0.4, 0.5) is 0 Å². The number of rotatable bonds is 7. The first-order valence-corrected chi connectivity index (χ1v) is 19.6. The van der Waals surface area contributed by atoms with Crippen molar-refractivity contribution in [3.05, 3.63) is 119 Å². The normalized spacial score (nSPS) is 17.0. The lowest BCUT2D eigenvalue weighted by atomic mass is 9.59. The number of para-hydroxylation sites is 1. The molecule has 53 heavy (non-hydrogen) atoms. The number of nitrogens with zero attached hydrogens (tertiary/aromatic N) is 4. The molecular weight excluding hydrogens is 649 g/mol. The molecule has 6 aromatic rings. The zero-order valence-electron chi connectivity index (χ0n) is 34.0. The van der Waals surface area contributed by atoms with E-state index in [0.29, 0.717) is 23.7 Å². The smallest absolute Gasteiger partial charge is 0.137 e. The van der Waals surface area contributed by atoms with Crippen LogP contribution in [0.1, 0.15) is 128 Å². The van der Waals surface area contributed by atoms with Gasteiger partial charge in [-0.2, -0.15) is 5.10 Å². The molecule has 0 bridgehead atoms. The van der Waals surface area contributed by atoms with Crippen molar-refractivity contribution in [1.82, 2.24) is 19.3 Å². The van der Waals surface area contributed by atoms with E-state index in [-0.39, 0.29) is 10.8 Å². The van der Waals surface area contributed by atoms with Gasteiger partial charge in [0.15, 0.2) is 0 Å². The molecule has 5 heteroatoms. The second-order valence-electron chi connectivity index (χ2n) is 18.1. The Morgan fingerprint density at radius 1 is 0.755 bits per heavy atom. The van der Waals surface area contributed by atoms with E-state index in [9.17, 15) is 0 Å². The summed E-state index contributed by atoms with van der Waals surface area (Å²) in [5.41, 5.74) is 11.2. The first-order chi connectivity index (χ1) is 25.0. The molecule has 0 fully saturated rings. The molecule has 0 aliphatic heterocycles. The molecule has 3 heterocycles. The van der Waals surface area contributed by atoms with Crippen LogP contribution in [0.25, 0.3) is 33.3 Å². The summed E-state index contributed by atoms with van der Waals surface area (Å²) in [5, 5.41) is 7.67. The predicted molar refractivity (Wildman–Crippen MR) is 222 cm³/mol. The first-order valence-electron chi connectivity index (χ1n) is 19.6. The largest absolute Gasteiger partial charge is 0.457 e. The van der Waals surface area contributed by atoms with Gasteiger partial charge >= 0.3 is 0 Å². The first kappa shape index (κ1) is 36.7. The van der Waals surface area contributed by atoms with Gasteiger partial charge in [-0.3, -0.25) is 4.57 Å². The fraction of sp³-hybridized carbons (Fsp3) is 0.417. The second-order valence-corrected chi connectivity index (χ2v) is 18.1. The van der Waals surface area contributed by atoms with Gasteiger partial charge in [-0.05, 0) is 109 Å². The summed E-state index contributed by atoms with van der Waals surface area (Å²) < 4.78 is 11.3. The number of fused-ring (bicyclic) bond motifs is 3. The quantitative estimate of drug-likeness (QED) is 0.155. The minimum absolute atomic E-state index is 0.0776. The summed E-state index contributed by atoms with van der Waals surface area (Å²) in [6.07, 6.45) is 6.79. The monoisotopic (exact) mass is 706 g/mol. The van der Waals surface area contributed by atoms with Crippen LogP contribution in [0.5, 0.6) is 11.5 Å². The van der Waals surface area contributed by atoms with E-state index in [1.165, 1.54) is 39.6 Å². The summed E-state index contributed by atoms with van der Waals surface area (Å²) in [6.45, 7) is 27.8. The molecule has 2 atom stereocenters. The lowest BCUT2D eigenvalue weighted by Gasteiger charge is -2.45. The zero-order chi connectivity index (χ0) is 38.0. The van der Waals surface area contributed by atoms with Crippen molar-refractivity contribution in [3.8, 4) is 23.0 Å². The number of aromatic nitrogens is 4. The Kier molecular flexibility index (Phi) is 9.45. The van der Waals surface area contributed by atoms with Gasteiger partial charge in [-0.25, -0.2) is 9.67 Å². The van der Waals surface area contributed by atoms with Gasteiger partial charge in [0.2, 0.25) is 0 Å². The van der Waals surface area contributed by atoms with Crippen LogP contribution in [-0.2, 0) is 0 Å². The van der Waals surface area contributed by atoms with Crippen LogP contribution < -0.4 is 4.74 Å². The van der Waals surface area contributed by atoms with Gasteiger partial charge in [-0.1, -0.05) is 99.1 Å². The Labute approximate surface area is 317 Å². The lowest BCUT2D eigenvalue weighted by molar-refractivity contribution is 0.180. The average molecular weight is 707 g/mol. The Bertz CT molecular complexity index is 2340. The number of benzene rings is 3. The maximum atomic E-state index is 6.82. The number of aryl methyl sites for hydroxylation is 1. The highest BCUT2D eigenvalue weighted by Crippen LogP contribution is 2.53. The predicted octanol–water partition coefficient (Wildman–Crippen LogP) is 13.5. The Hall–Kier alpha value is -4.64. The summed E-state index contributed by atoms with van der Waals surface area (Å²) in [6, 6.07) is 26.0. The summed E-state index contributed by atoms with van der Waals surface area (Å²) in [7, 11) is 0. The molecule has 0 amide bonds. The number of ether oxygens (including phenoxy) is 1. The van der Waals surface area contributed by atoms with E-state index in [2.05, 4.69) is 171 Å². The van der Waals surface area contributed by atoms with Gasteiger partial charge in [0.25, 0.3) is 0 Å². The van der Waals surface area contributed by atoms with E-state index in [1.54, 1.807) is 5.57 Å². The molecule has 1 unspecified atom stereocenters. The second kappa shape index (κ2) is 13.6. The standard InChI is InChI=1S/C48H58N4O/c1-29(2)33-22-23-49-44(26-33)51-42-19-14-13-16-38(42)39-21-20-36(28-43(39)51)53-37-25-34(30(3)4)24-35(27-37)52-32(6)45(31(5)50-52)46-40(47(7,8)9)17-15-18-41(46)48(10,11)12/h13-14,16-17,19-30,41,46H,15,18H2,1-12H3/t41?,46-/m0/s1. The van der Waals surface area contributed by atoms with Crippen molar-refractivity contribution in [1.29, 1.82) is 0 Å². The molecule has 0 spiro atoms. The third-order valence-electron chi connectivity index (χ3n) is 11.6. The van der Waals surface area contributed by atoms with Crippen LogP contribution >= 0.6 is 0 Å².